The summed E-state index contributed by atoms with van der Waals surface area (Å²) >= 11 is 0. The number of alkyl carbamates (subject to hydrolysis) is 1. The topological polar surface area (TPSA) is 81.7 Å². The first kappa shape index (κ1) is 13.5. The molecule has 1 amide bonds. The molecule has 0 fully saturated rings. The van der Waals surface area contributed by atoms with Crippen LogP contribution in [0.2, 0.25) is 0 Å². The van der Waals surface area contributed by atoms with Gasteiger partial charge in [0.05, 0.1) is 6.26 Å². The van der Waals surface area contributed by atoms with Gasteiger partial charge in [-0.05, 0) is 5.56 Å². The number of carbonyl (C=O) groups is 1. The monoisotopic (exact) mass is 259 g/mol. The minimum Gasteiger partial charge on any atom is -0.445 e. The highest BCUT2D eigenvalue weighted by Crippen LogP contribution is 2.00. The molecule has 1 N–H and O–H groups in total. The van der Waals surface area contributed by atoms with Gasteiger partial charge in [0.15, 0.2) is 0 Å². The molecule has 0 aliphatic heterocycles. The van der Waals surface area contributed by atoms with E-state index < -0.39 is 22.9 Å². The zero-order valence-electron chi connectivity index (χ0n) is 9.25. The lowest BCUT2D eigenvalue weighted by atomic mass is 10.2. The van der Waals surface area contributed by atoms with Gasteiger partial charge in [0.2, 0.25) is 0 Å². The number of benzene rings is 1. The predicted molar refractivity (Wildman–Crippen MR) is 60.6 cm³/mol. The van der Waals surface area contributed by atoms with Crippen LogP contribution in [-0.4, -0.2) is 27.5 Å². The van der Waals surface area contributed by atoms with Crippen molar-refractivity contribution in [2.45, 2.75) is 6.61 Å². The van der Waals surface area contributed by atoms with Crippen LogP contribution in [-0.2, 0) is 25.6 Å². The smallest absolute Gasteiger partial charge is 0.409 e. The van der Waals surface area contributed by atoms with Crippen LogP contribution in [0, 0.1) is 0 Å². The first-order valence-corrected chi connectivity index (χ1v) is 6.58. The lowest BCUT2D eigenvalue weighted by Crippen LogP contribution is -2.28. The summed E-state index contributed by atoms with van der Waals surface area (Å²) in [4.78, 5) is 11.1. The first-order chi connectivity index (χ1) is 7.97. The van der Waals surface area contributed by atoms with Crippen LogP contribution in [0.1, 0.15) is 5.56 Å². The highest BCUT2D eigenvalue weighted by atomic mass is 32.2. The van der Waals surface area contributed by atoms with Gasteiger partial charge in [-0.25, -0.2) is 8.98 Å². The van der Waals surface area contributed by atoms with E-state index in [4.69, 9.17) is 4.74 Å². The third-order valence-corrected chi connectivity index (χ3v) is 2.25. The van der Waals surface area contributed by atoms with Crippen molar-refractivity contribution in [3.8, 4) is 0 Å². The molecule has 0 heterocycles. The molecule has 17 heavy (non-hydrogen) atoms. The molecule has 0 saturated heterocycles. The van der Waals surface area contributed by atoms with Crippen molar-refractivity contribution < 1.29 is 22.1 Å². The van der Waals surface area contributed by atoms with Crippen LogP contribution < -0.4 is 5.32 Å². The summed E-state index contributed by atoms with van der Waals surface area (Å²) in [7, 11) is -3.56. The summed E-state index contributed by atoms with van der Waals surface area (Å²) in [6.07, 6.45) is 0.154. The molecule has 0 aromatic heterocycles. The van der Waals surface area contributed by atoms with E-state index in [1.54, 1.807) is 12.1 Å². The number of nitrogens with one attached hydrogen (secondary N) is 1. The minimum atomic E-state index is -3.56. The quantitative estimate of drug-likeness (QED) is 0.626. The fraction of sp³-hybridized carbons (Fsp3) is 0.300. The van der Waals surface area contributed by atoms with Crippen molar-refractivity contribution in [2.75, 3.05) is 13.0 Å². The van der Waals surface area contributed by atoms with E-state index in [-0.39, 0.29) is 6.61 Å². The zero-order valence-corrected chi connectivity index (χ0v) is 10.1. The lowest BCUT2D eigenvalue weighted by Gasteiger charge is -2.06. The second-order valence-corrected chi connectivity index (χ2v) is 4.85. The fourth-order valence-corrected chi connectivity index (χ4v) is 1.24. The van der Waals surface area contributed by atoms with E-state index in [0.29, 0.717) is 0 Å². The van der Waals surface area contributed by atoms with Gasteiger partial charge in [-0.3, -0.25) is 5.32 Å². The van der Waals surface area contributed by atoms with Crippen LogP contribution in [0.3, 0.4) is 0 Å². The van der Waals surface area contributed by atoms with Gasteiger partial charge in [0.25, 0.3) is 10.1 Å². The van der Waals surface area contributed by atoms with Crippen molar-refractivity contribution >= 4 is 16.2 Å². The lowest BCUT2D eigenvalue weighted by molar-refractivity contribution is 0.131. The number of rotatable bonds is 5. The van der Waals surface area contributed by atoms with Crippen LogP contribution in [0.5, 0.6) is 0 Å². The molecule has 94 valence electrons. The van der Waals surface area contributed by atoms with E-state index in [9.17, 15) is 13.2 Å². The third kappa shape index (κ3) is 6.54. The molecule has 0 unspecified atom stereocenters. The summed E-state index contributed by atoms with van der Waals surface area (Å²) in [6.45, 7) is -0.321. The molecule has 0 spiro atoms. The number of hydrogen-bond acceptors (Lipinski definition) is 5. The predicted octanol–water partition coefficient (Wildman–Crippen LogP) is 0.846. The van der Waals surface area contributed by atoms with Crippen molar-refractivity contribution in [1.29, 1.82) is 0 Å². The Balaban J connectivity index is 2.22. The van der Waals surface area contributed by atoms with E-state index >= 15 is 0 Å². The summed E-state index contributed by atoms with van der Waals surface area (Å²) in [5, 5.41) is 2.15. The molecule has 6 nitrogen and oxygen atoms in total. The Morgan fingerprint density at radius 1 is 1.29 bits per heavy atom. The van der Waals surface area contributed by atoms with Gasteiger partial charge in [-0.2, -0.15) is 8.42 Å². The molecule has 0 atom stereocenters. The van der Waals surface area contributed by atoms with Crippen LogP contribution >= 0.6 is 0 Å². The number of carbonyl (C=O) groups excluding carboxylic acids is 1. The fourth-order valence-electron chi connectivity index (χ4n) is 0.970. The molecule has 0 radical (unpaired) electrons. The number of amides is 1. The maximum Gasteiger partial charge on any atom is 0.409 e. The van der Waals surface area contributed by atoms with Gasteiger partial charge in [0, 0.05) is 0 Å². The normalized spacial score (nSPS) is 10.9. The summed E-state index contributed by atoms with van der Waals surface area (Å²) in [5.41, 5.74) is 0.840. The van der Waals surface area contributed by atoms with E-state index in [1.165, 1.54) is 0 Å². The average Bonchev–Trinajstić information content (AvgIpc) is 2.26. The van der Waals surface area contributed by atoms with Gasteiger partial charge < -0.3 is 4.74 Å². The van der Waals surface area contributed by atoms with Gasteiger partial charge >= 0.3 is 6.09 Å². The largest absolute Gasteiger partial charge is 0.445 e. The Morgan fingerprint density at radius 3 is 2.53 bits per heavy atom. The van der Waals surface area contributed by atoms with E-state index in [1.807, 2.05) is 18.2 Å². The Hall–Kier alpha value is -1.60. The van der Waals surface area contributed by atoms with Crippen LogP contribution in [0.15, 0.2) is 30.3 Å². The molecule has 0 aliphatic rings. The average molecular weight is 259 g/mol. The van der Waals surface area contributed by atoms with Crippen LogP contribution in [0.4, 0.5) is 4.79 Å². The Kier molecular flexibility index (Phi) is 4.92. The molecular weight excluding hydrogens is 246 g/mol. The zero-order chi connectivity index (χ0) is 12.7. The van der Waals surface area contributed by atoms with Crippen molar-refractivity contribution in [3.05, 3.63) is 35.9 Å². The summed E-state index contributed by atoms with van der Waals surface area (Å²) < 4.78 is 30.3. The highest BCUT2D eigenvalue weighted by Gasteiger charge is 2.05. The Bertz CT molecular complexity index is 457. The molecule has 1 rings (SSSR count). The highest BCUT2D eigenvalue weighted by molar-refractivity contribution is 7.85. The second-order valence-electron chi connectivity index (χ2n) is 3.20. The van der Waals surface area contributed by atoms with E-state index in [2.05, 4.69) is 9.50 Å². The molecule has 1 aromatic rings. The standard InChI is InChI=1S/C10H13NO5S/c1-17(13,14)16-8-11-10(12)15-7-9-5-3-2-4-6-9/h2-6H,7-8H2,1H3,(H,11,12). The Morgan fingerprint density at radius 2 is 1.94 bits per heavy atom. The number of hydrogen-bond donors (Lipinski definition) is 1. The SMILES string of the molecule is CS(=O)(=O)OCNC(=O)OCc1ccccc1. The molecule has 0 saturated carbocycles. The molecule has 0 bridgehead atoms. The molecule has 7 heteroatoms. The van der Waals surface area contributed by atoms with Gasteiger partial charge in [0.1, 0.15) is 13.3 Å². The first-order valence-electron chi connectivity index (χ1n) is 4.76. The van der Waals surface area contributed by atoms with Crippen LogP contribution in [0.25, 0.3) is 0 Å². The minimum absolute atomic E-state index is 0.117. The maximum atomic E-state index is 11.1. The molecular formula is C10H13NO5S. The van der Waals surface area contributed by atoms with Gasteiger partial charge in [-0.15, -0.1) is 0 Å². The number of ether oxygens (including phenoxy) is 1. The third-order valence-electron chi connectivity index (χ3n) is 1.70. The molecule has 0 aliphatic carbocycles. The van der Waals surface area contributed by atoms with Crippen molar-refractivity contribution in [1.82, 2.24) is 5.32 Å². The van der Waals surface area contributed by atoms with Crippen molar-refractivity contribution in [2.24, 2.45) is 0 Å². The van der Waals surface area contributed by atoms with Crippen molar-refractivity contribution in [3.63, 3.8) is 0 Å². The molecule has 1 aromatic carbocycles. The van der Waals surface area contributed by atoms with E-state index in [0.717, 1.165) is 11.8 Å². The summed E-state index contributed by atoms with van der Waals surface area (Å²) in [5.74, 6) is 0. The summed E-state index contributed by atoms with van der Waals surface area (Å²) in [6, 6.07) is 9.11. The Labute approximate surface area is 99.7 Å². The second kappa shape index (κ2) is 6.21. The van der Waals surface area contributed by atoms with Gasteiger partial charge in [-0.1, -0.05) is 30.3 Å². The maximum absolute atomic E-state index is 11.1.